The Labute approximate surface area is 159 Å². The van der Waals surface area contributed by atoms with Crippen LogP contribution in [0, 0.1) is 25.2 Å². The van der Waals surface area contributed by atoms with Gasteiger partial charge >= 0.3 is 6.18 Å². The predicted molar refractivity (Wildman–Crippen MR) is 98.1 cm³/mol. The molecule has 3 aromatic rings. The first-order chi connectivity index (χ1) is 13.3. The highest BCUT2D eigenvalue weighted by Gasteiger charge is 2.34. The zero-order chi connectivity index (χ0) is 20.3. The zero-order valence-electron chi connectivity index (χ0n) is 15.0. The van der Waals surface area contributed by atoms with E-state index in [-0.39, 0.29) is 11.4 Å². The minimum Gasteiger partial charge on any atom is -0.283 e. The summed E-state index contributed by atoms with van der Waals surface area (Å²) in [5, 5.41) is 8.80. The minimum absolute atomic E-state index is 0.0342. The highest BCUT2D eigenvalue weighted by molar-refractivity contribution is 5.64. The first kappa shape index (κ1) is 19.1. The van der Waals surface area contributed by atoms with Gasteiger partial charge in [0.2, 0.25) is 0 Å². The fourth-order valence-electron chi connectivity index (χ4n) is 2.45. The molecule has 2 heterocycles. The molecule has 28 heavy (non-hydrogen) atoms. The second-order valence-electron chi connectivity index (χ2n) is 5.94. The van der Waals surface area contributed by atoms with E-state index in [2.05, 4.69) is 25.8 Å². The molecule has 0 saturated carbocycles. The summed E-state index contributed by atoms with van der Waals surface area (Å²) < 4.78 is 40.0. The molecule has 0 aliphatic heterocycles. The molecule has 0 aliphatic carbocycles. The van der Waals surface area contributed by atoms with E-state index in [0.717, 1.165) is 6.07 Å². The van der Waals surface area contributed by atoms with Gasteiger partial charge in [0, 0.05) is 23.0 Å². The molecular formula is C19H15F3N6. The fraction of sp³-hybridized carbons (Fsp3) is 0.158. The number of hydrazine groups is 1. The Bertz CT molecular complexity index is 1040. The largest absolute Gasteiger partial charge is 0.417 e. The van der Waals surface area contributed by atoms with E-state index in [1.54, 1.807) is 26.0 Å². The summed E-state index contributed by atoms with van der Waals surface area (Å²) in [6.07, 6.45) is -3.12. The number of nitrogens with zero attached hydrogens (tertiary/aromatic N) is 4. The molecule has 0 aliphatic rings. The molecule has 0 amide bonds. The second-order valence-corrected chi connectivity index (χ2v) is 5.94. The van der Waals surface area contributed by atoms with Gasteiger partial charge in [-0.3, -0.25) is 10.9 Å². The van der Waals surface area contributed by atoms with Gasteiger partial charge in [-0.1, -0.05) is 18.2 Å². The van der Waals surface area contributed by atoms with Crippen LogP contribution in [0.15, 0.2) is 42.6 Å². The van der Waals surface area contributed by atoms with E-state index in [1.807, 2.05) is 6.07 Å². The number of nitrogens with one attached hydrogen (secondary N) is 2. The monoisotopic (exact) mass is 384 g/mol. The third-order valence-corrected chi connectivity index (χ3v) is 4.06. The van der Waals surface area contributed by atoms with Crippen LogP contribution in [0.25, 0.3) is 11.4 Å². The van der Waals surface area contributed by atoms with Gasteiger partial charge in [-0.05, 0) is 32.0 Å². The lowest BCUT2D eigenvalue weighted by molar-refractivity contribution is -0.137. The molecule has 0 bridgehead atoms. The van der Waals surface area contributed by atoms with Crippen LogP contribution in [0.5, 0.6) is 0 Å². The molecular weight excluding hydrogens is 369 g/mol. The van der Waals surface area contributed by atoms with Crippen molar-refractivity contribution in [3.8, 4) is 17.5 Å². The first-order valence-electron chi connectivity index (χ1n) is 8.19. The van der Waals surface area contributed by atoms with Crippen LogP contribution in [-0.2, 0) is 6.18 Å². The zero-order valence-corrected chi connectivity index (χ0v) is 15.0. The van der Waals surface area contributed by atoms with Crippen molar-refractivity contribution >= 4 is 11.6 Å². The number of anilines is 2. The van der Waals surface area contributed by atoms with Gasteiger partial charge in [0.1, 0.15) is 11.9 Å². The van der Waals surface area contributed by atoms with Crippen LogP contribution in [0.2, 0.25) is 0 Å². The van der Waals surface area contributed by atoms with Crippen LogP contribution in [0.3, 0.4) is 0 Å². The number of aromatic nitrogens is 3. The smallest absolute Gasteiger partial charge is 0.283 e. The number of hydrogen-bond donors (Lipinski definition) is 2. The van der Waals surface area contributed by atoms with E-state index in [4.69, 9.17) is 5.26 Å². The molecule has 142 valence electrons. The highest BCUT2D eigenvalue weighted by atomic mass is 19.4. The molecule has 0 spiro atoms. The fourth-order valence-corrected chi connectivity index (χ4v) is 2.45. The molecule has 9 heteroatoms. The summed E-state index contributed by atoms with van der Waals surface area (Å²) in [5.41, 5.74) is 6.39. The first-order valence-corrected chi connectivity index (χ1v) is 8.19. The molecule has 0 radical (unpaired) electrons. The average molecular weight is 384 g/mol. The Morgan fingerprint density at radius 3 is 2.39 bits per heavy atom. The van der Waals surface area contributed by atoms with Crippen molar-refractivity contribution in [3.05, 3.63) is 65.0 Å². The third kappa shape index (κ3) is 4.01. The molecule has 2 aromatic heterocycles. The molecule has 0 atom stereocenters. The van der Waals surface area contributed by atoms with Crippen molar-refractivity contribution in [1.82, 2.24) is 15.0 Å². The van der Waals surface area contributed by atoms with E-state index < -0.39 is 11.7 Å². The van der Waals surface area contributed by atoms with E-state index in [1.165, 1.54) is 24.4 Å². The van der Waals surface area contributed by atoms with Gasteiger partial charge in [-0.25, -0.2) is 15.0 Å². The lowest BCUT2D eigenvalue weighted by Gasteiger charge is -2.16. The summed E-state index contributed by atoms with van der Waals surface area (Å²) in [6.45, 7) is 3.45. The SMILES string of the molecule is Cc1nc(-c2ccccc2C(F)(F)F)nc(NNc2ccc(C#N)cn2)c1C. The average Bonchev–Trinajstić information content (AvgIpc) is 2.68. The van der Waals surface area contributed by atoms with Crippen molar-refractivity contribution in [3.63, 3.8) is 0 Å². The van der Waals surface area contributed by atoms with Crippen molar-refractivity contribution in [1.29, 1.82) is 5.26 Å². The van der Waals surface area contributed by atoms with E-state index >= 15 is 0 Å². The molecule has 0 unspecified atom stereocenters. The number of aryl methyl sites for hydroxylation is 1. The molecule has 2 N–H and O–H groups in total. The molecule has 3 rings (SSSR count). The highest BCUT2D eigenvalue weighted by Crippen LogP contribution is 2.36. The summed E-state index contributed by atoms with van der Waals surface area (Å²) >= 11 is 0. The standard InChI is InChI=1S/C19H15F3N6/c1-11-12(2)25-18(14-5-3-4-6-15(14)19(20,21)22)26-17(11)28-27-16-8-7-13(9-23)10-24-16/h3-8,10H,1-2H3,(H,24,27)(H,25,26,28). The Hall–Kier alpha value is -3.67. The van der Waals surface area contributed by atoms with Crippen molar-refractivity contribution in [2.75, 3.05) is 10.9 Å². The summed E-state index contributed by atoms with van der Waals surface area (Å²) in [4.78, 5) is 12.5. The summed E-state index contributed by atoms with van der Waals surface area (Å²) in [7, 11) is 0. The summed E-state index contributed by atoms with van der Waals surface area (Å²) in [6, 6.07) is 10.3. The van der Waals surface area contributed by atoms with Gasteiger partial charge in [0.25, 0.3) is 0 Å². The molecule has 0 saturated heterocycles. The number of alkyl halides is 3. The number of nitriles is 1. The lowest BCUT2D eigenvalue weighted by atomic mass is 10.1. The van der Waals surface area contributed by atoms with Crippen LogP contribution < -0.4 is 10.9 Å². The molecule has 1 aromatic carbocycles. The van der Waals surface area contributed by atoms with Gasteiger partial charge in [0.15, 0.2) is 11.6 Å². The van der Waals surface area contributed by atoms with Crippen molar-refractivity contribution < 1.29 is 13.2 Å². The number of halogens is 3. The van der Waals surface area contributed by atoms with Gasteiger partial charge in [-0.15, -0.1) is 0 Å². The Morgan fingerprint density at radius 2 is 1.75 bits per heavy atom. The van der Waals surface area contributed by atoms with Crippen LogP contribution in [-0.4, -0.2) is 15.0 Å². The van der Waals surface area contributed by atoms with Crippen molar-refractivity contribution in [2.45, 2.75) is 20.0 Å². The third-order valence-electron chi connectivity index (χ3n) is 4.06. The molecule has 0 fully saturated rings. The second kappa shape index (κ2) is 7.52. The maximum Gasteiger partial charge on any atom is 0.417 e. The minimum atomic E-state index is -4.52. The maximum absolute atomic E-state index is 13.3. The van der Waals surface area contributed by atoms with Gasteiger partial charge in [0.05, 0.1) is 11.1 Å². The number of rotatable bonds is 4. The Kier molecular flexibility index (Phi) is 5.13. The normalized spacial score (nSPS) is 11.0. The van der Waals surface area contributed by atoms with Gasteiger partial charge < -0.3 is 0 Å². The Morgan fingerprint density at radius 1 is 1.00 bits per heavy atom. The Balaban J connectivity index is 1.94. The molecule has 6 nitrogen and oxygen atoms in total. The van der Waals surface area contributed by atoms with Crippen molar-refractivity contribution in [2.24, 2.45) is 0 Å². The predicted octanol–water partition coefficient (Wildman–Crippen LogP) is 4.48. The number of pyridine rings is 1. The maximum atomic E-state index is 13.3. The van der Waals surface area contributed by atoms with E-state index in [0.29, 0.717) is 28.5 Å². The van der Waals surface area contributed by atoms with Gasteiger partial charge in [-0.2, -0.15) is 18.4 Å². The number of hydrogen-bond acceptors (Lipinski definition) is 6. The number of benzene rings is 1. The quantitative estimate of drug-likeness (QED) is 0.645. The van der Waals surface area contributed by atoms with Crippen LogP contribution >= 0.6 is 0 Å². The van der Waals surface area contributed by atoms with Crippen LogP contribution in [0.1, 0.15) is 22.4 Å². The topological polar surface area (TPSA) is 86.5 Å². The van der Waals surface area contributed by atoms with E-state index in [9.17, 15) is 13.2 Å². The lowest BCUT2D eigenvalue weighted by Crippen LogP contribution is -2.15. The van der Waals surface area contributed by atoms with Crippen LogP contribution in [0.4, 0.5) is 24.8 Å². The summed E-state index contributed by atoms with van der Waals surface area (Å²) in [5.74, 6) is 0.714.